The van der Waals surface area contributed by atoms with Crippen molar-refractivity contribution in [3.8, 4) is 0 Å². The van der Waals surface area contributed by atoms with Crippen LogP contribution in [0.3, 0.4) is 0 Å². The van der Waals surface area contributed by atoms with Gasteiger partial charge in [0.15, 0.2) is 11.5 Å². The average molecular weight is 261 g/mol. The van der Waals surface area contributed by atoms with Crippen molar-refractivity contribution in [2.45, 2.75) is 45.4 Å². The molecular formula is C15H19NO3. The maximum absolute atomic E-state index is 11.1. The Bertz CT molecular complexity index is 574. The molecule has 4 heteroatoms. The number of aromatic nitrogens is 1. The Kier molecular flexibility index (Phi) is 4.20. The monoisotopic (exact) mass is 261 g/mol. The van der Waals surface area contributed by atoms with Crippen molar-refractivity contribution in [3.63, 3.8) is 0 Å². The van der Waals surface area contributed by atoms with E-state index in [9.17, 15) is 4.79 Å². The third-order valence-electron chi connectivity index (χ3n) is 3.41. The summed E-state index contributed by atoms with van der Waals surface area (Å²) >= 11 is 0. The van der Waals surface area contributed by atoms with Gasteiger partial charge in [-0.1, -0.05) is 32.8 Å². The maximum Gasteiger partial charge on any atom is 0.339 e. The van der Waals surface area contributed by atoms with Crippen molar-refractivity contribution < 1.29 is 14.3 Å². The third-order valence-corrected chi connectivity index (χ3v) is 3.41. The van der Waals surface area contributed by atoms with Crippen LogP contribution < -0.4 is 0 Å². The van der Waals surface area contributed by atoms with Crippen LogP contribution in [-0.2, 0) is 0 Å². The molecule has 0 aliphatic rings. The van der Waals surface area contributed by atoms with E-state index in [1.54, 1.807) is 18.2 Å². The van der Waals surface area contributed by atoms with E-state index in [0.29, 0.717) is 17.0 Å². The molecule has 0 saturated carbocycles. The van der Waals surface area contributed by atoms with Gasteiger partial charge in [0.25, 0.3) is 0 Å². The zero-order valence-corrected chi connectivity index (χ0v) is 11.3. The van der Waals surface area contributed by atoms with Crippen LogP contribution in [0.25, 0.3) is 11.1 Å². The average Bonchev–Trinajstić information content (AvgIpc) is 2.82. The molecule has 0 fully saturated rings. The molecule has 0 bridgehead atoms. The lowest BCUT2D eigenvalue weighted by Gasteiger charge is -2.09. The summed E-state index contributed by atoms with van der Waals surface area (Å²) in [6.07, 6.45) is 4.25. The zero-order valence-electron chi connectivity index (χ0n) is 11.3. The second-order valence-corrected chi connectivity index (χ2v) is 4.76. The first-order valence-corrected chi connectivity index (χ1v) is 6.80. The molecule has 2 aromatic rings. The van der Waals surface area contributed by atoms with Crippen LogP contribution in [0.2, 0.25) is 0 Å². The van der Waals surface area contributed by atoms with Crippen LogP contribution in [0.5, 0.6) is 0 Å². The lowest BCUT2D eigenvalue weighted by molar-refractivity contribution is 0.0698. The van der Waals surface area contributed by atoms with Crippen molar-refractivity contribution in [1.29, 1.82) is 0 Å². The van der Waals surface area contributed by atoms with Crippen LogP contribution in [0.4, 0.5) is 0 Å². The number of aromatic carboxylic acids is 1. The largest absolute Gasteiger partial charge is 0.478 e. The number of hydrogen-bond donors (Lipinski definition) is 1. The molecule has 0 saturated heterocycles. The van der Waals surface area contributed by atoms with Gasteiger partial charge in [-0.25, -0.2) is 9.78 Å². The van der Waals surface area contributed by atoms with Gasteiger partial charge in [0.2, 0.25) is 0 Å². The standard InChI is InChI=1S/C15H19NO3/c1-3-5-7-10(4-2)14-16-12-9-6-8-11(15(17)18)13(12)19-14/h6,8-10H,3-5,7H2,1-2H3,(H,17,18). The Morgan fingerprint density at radius 2 is 2.21 bits per heavy atom. The van der Waals surface area contributed by atoms with E-state index >= 15 is 0 Å². The predicted molar refractivity (Wildman–Crippen MR) is 73.5 cm³/mol. The maximum atomic E-state index is 11.1. The Balaban J connectivity index is 2.40. The van der Waals surface area contributed by atoms with Gasteiger partial charge < -0.3 is 9.52 Å². The highest BCUT2D eigenvalue weighted by Gasteiger charge is 2.19. The summed E-state index contributed by atoms with van der Waals surface area (Å²) in [5, 5.41) is 9.14. The van der Waals surface area contributed by atoms with Gasteiger partial charge in [0.05, 0.1) is 0 Å². The smallest absolute Gasteiger partial charge is 0.339 e. The molecule has 1 aromatic carbocycles. The molecule has 1 atom stereocenters. The number of carboxylic acid groups (broad SMARTS) is 1. The lowest BCUT2D eigenvalue weighted by atomic mass is 9.99. The van der Waals surface area contributed by atoms with E-state index < -0.39 is 5.97 Å². The minimum absolute atomic E-state index is 0.182. The van der Waals surface area contributed by atoms with Crippen LogP contribution in [0, 0.1) is 0 Å². The third kappa shape index (κ3) is 2.78. The Morgan fingerprint density at radius 3 is 2.84 bits per heavy atom. The van der Waals surface area contributed by atoms with Crippen molar-refractivity contribution in [3.05, 3.63) is 29.7 Å². The summed E-state index contributed by atoms with van der Waals surface area (Å²) in [7, 11) is 0. The topological polar surface area (TPSA) is 63.3 Å². The van der Waals surface area contributed by atoms with Gasteiger partial charge in [0, 0.05) is 5.92 Å². The number of fused-ring (bicyclic) bond motifs is 1. The number of nitrogens with zero attached hydrogens (tertiary/aromatic N) is 1. The molecule has 19 heavy (non-hydrogen) atoms. The molecule has 1 heterocycles. The summed E-state index contributed by atoms with van der Waals surface area (Å²) in [4.78, 5) is 15.6. The molecule has 1 N–H and O–H groups in total. The zero-order chi connectivity index (χ0) is 13.8. The fraction of sp³-hybridized carbons (Fsp3) is 0.467. The van der Waals surface area contributed by atoms with E-state index in [1.165, 1.54) is 0 Å². The van der Waals surface area contributed by atoms with Crippen LogP contribution >= 0.6 is 0 Å². The van der Waals surface area contributed by atoms with Gasteiger partial charge >= 0.3 is 5.97 Å². The van der Waals surface area contributed by atoms with Gasteiger partial charge in [-0.3, -0.25) is 0 Å². The van der Waals surface area contributed by atoms with Gasteiger partial charge in [-0.15, -0.1) is 0 Å². The van der Waals surface area contributed by atoms with E-state index in [2.05, 4.69) is 18.8 Å². The number of para-hydroxylation sites is 1. The fourth-order valence-electron chi connectivity index (χ4n) is 2.26. The first-order chi connectivity index (χ1) is 9.17. The molecule has 0 radical (unpaired) electrons. The molecule has 1 aromatic heterocycles. The van der Waals surface area contributed by atoms with E-state index in [4.69, 9.17) is 9.52 Å². The van der Waals surface area contributed by atoms with Gasteiger partial charge in [-0.05, 0) is 25.0 Å². The normalized spacial score (nSPS) is 12.7. The highest BCUT2D eigenvalue weighted by molar-refractivity contribution is 5.99. The predicted octanol–water partition coefficient (Wildman–Crippen LogP) is 4.21. The number of hydrogen-bond acceptors (Lipinski definition) is 3. The lowest BCUT2D eigenvalue weighted by Crippen LogP contribution is -1.97. The highest BCUT2D eigenvalue weighted by atomic mass is 16.4. The number of unbranched alkanes of at least 4 members (excludes halogenated alkanes) is 1. The number of oxazole rings is 1. The number of benzene rings is 1. The molecular weight excluding hydrogens is 242 g/mol. The summed E-state index contributed by atoms with van der Waals surface area (Å²) in [6, 6.07) is 5.04. The van der Waals surface area contributed by atoms with Crippen molar-refractivity contribution in [2.75, 3.05) is 0 Å². The van der Waals surface area contributed by atoms with Crippen LogP contribution in [-0.4, -0.2) is 16.1 Å². The number of carbonyl (C=O) groups is 1. The van der Waals surface area contributed by atoms with E-state index in [0.717, 1.165) is 25.7 Å². The van der Waals surface area contributed by atoms with Crippen LogP contribution in [0.1, 0.15) is 61.7 Å². The Labute approximate surface area is 112 Å². The Morgan fingerprint density at radius 1 is 1.42 bits per heavy atom. The minimum atomic E-state index is -0.977. The first-order valence-electron chi connectivity index (χ1n) is 6.80. The van der Waals surface area contributed by atoms with Crippen molar-refractivity contribution in [1.82, 2.24) is 4.98 Å². The molecule has 2 rings (SSSR count). The molecule has 1 unspecified atom stereocenters. The highest BCUT2D eigenvalue weighted by Crippen LogP contribution is 2.29. The molecule has 4 nitrogen and oxygen atoms in total. The molecule has 0 aliphatic heterocycles. The molecule has 0 amide bonds. The first kappa shape index (κ1) is 13.6. The summed E-state index contributed by atoms with van der Waals surface area (Å²) in [6.45, 7) is 4.26. The summed E-state index contributed by atoms with van der Waals surface area (Å²) < 4.78 is 5.72. The second kappa shape index (κ2) is 5.87. The number of carboxylic acids is 1. The van der Waals surface area contributed by atoms with E-state index in [-0.39, 0.29) is 11.5 Å². The van der Waals surface area contributed by atoms with E-state index in [1.807, 2.05) is 0 Å². The fourth-order valence-corrected chi connectivity index (χ4v) is 2.26. The summed E-state index contributed by atoms with van der Waals surface area (Å²) in [5.41, 5.74) is 1.20. The quantitative estimate of drug-likeness (QED) is 0.846. The number of rotatable bonds is 6. The van der Waals surface area contributed by atoms with Crippen molar-refractivity contribution >= 4 is 17.1 Å². The summed E-state index contributed by atoms with van der Waals surface area (Å²) in [5.74, 6) is -0.0384. The van der Waals surface area contributed by atoms with Crippen molar-refractivity contribution in [2.24, 2.45) is 0 Å². The van der Waals surface area contributed by atoms with Gasteiger partial charge in [-0.2, -0.15) is 0 Å². The second-order valence-electron chi connectivity index (χ2n) is 4.76. The minimum Gasteiger partial charge on any atom is -0.478 e. The molecule has 0 aliphatic carbocycles. The SMILES string of the molecule is CCCCC(CC)c1nc2cccc(C(=O)O)c2o1. The van der Waals surface area contributed by atoms with Crippen LogP contribution in [0.15, 0.2) is 22.6 Å². The molecule has 102 valence electrons. The van der Waals surface area contributed by atoms with Gasteiger partial charge in [0.1, 0.15) is 11.1 Å². The Hall–Kier alpha value is -1.84. The molecule has 0 spiro atoms.